The lowest BCUT2D eigenvalue weighted by Crippen LogP contribution is -2.42. The maximum atomic E-state index is 13.0. The molecular formula is C22H23ClN2O3S2. The first-order chi connectivity index (χ1) is 14.3. The van der Waals surface area contributed by atoms with Crippen LogP contribution >= 0.6 is 22.9 Å². The fourth-order valence-corrected chi connectivity index (χ4v) is 7.10. The molecule has 30 heavy (non-hydrogen) atoms. The van der Waals surface area contributed by atoms with Gasteiger partial charge in [-0.05, 0) is 48.6 Å². The normalized spacial score (nSPS) is 20.4. The van der Waals surface area contributed by atoms with E-state index in [2.05, 4.69) is 19.2 Å². The lowest BCUT2D eigenvalue weighted by atomic mass is 9.94. The van der Waals surface area contributed by atoms with Crippen molar-refractivity contribution in [2.45, 2.75) is 25.2 Å². The van der Waals surface area contributed by atoms with Gasteiger partial charge in [0, 0.05) is 28.9 Å². The van der Waals surface area contributed by atoms with Gasteiger partial charge in [0.1, 0.15) is 4.88 Å². The van der Waals surface area contributed by atoms with Gasteiger partial charge >= 0.3 is 0 Å². The third-order valence-electron chi connectivity index (χ3n) is 5.33. The lowest BCUT2D eigenvalue weighted by Gasteiger charge is -2.34. The van der Waals surface area contributed by atoms with Gasteiger partial charge in [0.05, 0.1) is 9.92 Å². The highest BCUT2D eigenvalue weighted by molar-refractivity contribution is 7.89. The largest absolute Gasteiger partial charge is 0.321 e. The summed E-state index contributed by atoms with van der Waals surface area (Å²) >= 11 is 7.71. The molecule has 1 saturated heterocycles. The molecular weight excluding hydrogens is 440 g/mol. The van der Waals surface area contributed by atoms with Crippen LogP contribution in [0.25, 0.3) is 10.1 Å². The van der Waals surface area contributed by atoms with E-state index < -0.39 is 10.0 Å². The molecule has 1 aliphatic heterocycles. The highest BCUT2D eigenvalue weighted by Gasteiger charge is 2.31. The van der Waals surface area contributed by atoms with E-state index in [9.17, 15) is 13.2 Å². The number of halogens is 1. The van der Waals surface area contributed by atoms with E-state index in [1.165, 1.54) is 11.3 Å². The summed E-state index contributed by atoms with van der Waals surface area (Å²) in [5, 5.41) is 4.09. The molecule has 158 valence electrons. The molecule has 2 atom stereocenters. The number of nitrogens with zero attached hydrogens (tertiary/aromatic N) is 1. The summed E-state index contributed by atoms with van der Waals surface area (Å²) < 4.78 is 28.5. The van der Waals surface area contributed by atoms with Crippen molar-refractivity contribution in [1.82, 2.24) is 4.31 Å². The van der Waals surface area contributed by atoms with Crippen molar-refractivity contribution in [3.05, 3.63) is 58.4 Å². The Morgan fingerprint density at radius 2 is 1.70 bits per heavy atom. The molecule has 1 fully saturated rings. The molecule has 0 radical (unpaired) electrons. The molecule has 0 aliphatic carbocycles. The predicted octanol–water partition coefficient (Wildman–Crippen LogP) is 5.47. The van der Waals surface area contributed by atoms with Crippen LogP contribution in [0.3, 0.4) is 0 Å². The van der Waals surface area contributed by atoms with Crippen molar-refractivity contribution in [1.29, 1.82) is 0 Å². The van der Waals surface area contributed by atoms with Gasteiger partial charge in [-0.2, -0.15) is 4.31 Å². The van der Waals surface area contributed by atoms with Crippen LogP contribution in [0.5, 0.6) is 0 Å². The zero-order valence-corrected chi connectivity index (χ0v) is 19.2. The molecule has 2 aromatic carbocycles. The number of hydrogen-bond donors (Lipinski definition) is 1. The molecule has 1 aliphatic rings. The predicted molar refractivity (Wildman–Crippen MR) is 123 cm³/mol. The summed E-state index contributed by atoms with van der Waals surface area (Å²) in [7, 11) is -3.55. The molecule has 2 unspecified atom stereocenters. The number of amides is 1. The number of anilines is 1. The molecule has 4 rings (SSSR count). The molecule has 0 bridgehead atoms. The number of piperidine rings is 1. The minimum Gasteiger partial charge on any atom is -0.321 e. The second-order valence-electron chi connectivity index (χ2n) is 7.99. The molecule has 2 heterocycles. The lowest BCUT2D eigenvalue weighted by molar-refractivity contribution is 0.103. The van der Waals surface area contributed by atoms with Crippen molar-refractivity contribution in [2.24, 2.45) is 11.8 Å². The summed E-state index contributed by atoms with van der Waals surface area (Å²) in [6.45, 7) is 5.23. The van der Waals surface area contributed by atoms with Gasteiger partial charge in [0.15, 0.2) is 0 Å². The number of hydrogen-bond acceptors (Lipinski definition) is 4. The third kappa shape index (κ3) is 4.12. The monoisotopic (exact) mass is 462 g/mol. The number of carbonyl (C=O) groups excluding carboxylic acids is 1. The van der Waals surface area contributed by atoms with Gasteiger partial charge in [-0.3, -0.25) is 4.79 Å². The number of sulfonamides is 1. The molecule has 8 heteroatoms. The smallest absolute Gasteiger partial charge is 0.267 e. The van der Waals surface area contributed by atoms with Crippen molar-refractivity contribution >= 4 is 54.6 Å². The Bertz CT molecular complexity index is 1180. The van der Waals surface area contributed by atoms with Crippen LogP contribution in [0.1, 0.15) is 29.9 Å². The average molecular weight is 463 g/mol. The molecule has 0 spiro atoms. The molecule has 1 amide bonds. The first-order valence-corrected chi connectivity index (χ1v) is 12.5. The van der Waals surface area contributed by atoms with Crippen molar-refractivity contribution < 1.29 is 13.2 Å². The van der Waals surface area contributed by atoms with Crippen molar-refractivity contribution in [3.63, 3.8) is 0 Å². The Kier molecular flexibility index (Phi) is 5.90. The van der Waals surface area contributed by atoms with Gasteiger partial charge in [-0.15, -0.1) is 11.3 Å². The van der Waals surface area contributed by atoms with E-state index >= 15 is 0 Å². The number of nitrogens with one attached hydrogen (secondary N) is 1. The standard InChI is InChI=1S/C22H23ClN2O3S2/c1-14-11-15(2)13-25(12-14)30(27,28)17-9-7-16(8-10-17)24-22(26)21-20(23)18-5-3-4-6-19(18)29-21/h3-10,14-15H,11-13H2,1-2H3,(H,24,26). The molecule has 5 nitrogen and oxygen atoms in total. The summed E-state index contributed by atoms with van der Waals surface area (Å²) in [6.07, 6.45) is 1.04. The minimum atomic E-state index is -3.55. The Morgan fingerprint density at radius 3 is 2.33 bits per heavy atom. The number of benzene rings is 2. The average Bonchev–Trinajstić information content (AvgIpc) is 3.05. The molecule has 0 saturated carbocycles. The van der Waals surface area contributed by atoms with Gasteiger partial charge < -0.3 is 5.32 Å². The maximum absolute atomic E-state index is 13.0. The zero-order valence-electron chi connectivity index (χ0n) is 16.8. The van der Waals surface area contributed by atoms with E-state index in [0.29, 0.717) is 40.5 Å². The highest BCUT2D eigenvalue weighted by Crippen LogP contribution is 2.35. The van der Waals surface area contributed by atoms with Crippen LogP contribution < -0.4 is 5.32 Å². The second kappa shape index (κ2) is 8.30. The second-order valence-corrected chi connectivity index (χ2v) is 11.4. The van der Waals surface area contributed by atoms with Crippen LogP contribution in [0, 0.1) is 11.8 Å². The number of thiophene rings is 1. The zero-order chi connectivity index (χ0) is 21.5. The Morgan fingerprint density at radius 1 is 1.07 bits per heavy atom. The molecule has 1 aromatic heterocycles. The summed E-state index contributed by atoms with van der Waals surface area (Å²) in [6, 6.07) is 13.9. The SMILES string of the molecule is CC1CC(C)CN(S(=O)(=O)c2ccc(NC(=O)c3sc4ccccc4c3Cl)cc2)C1. The van der Waals surface area contributed by atoms with E-state index in [4.69, 9.17) is 11.6 Å². The highest BCUT2D eigenvalue weighted by atomic mass is 35.5. The quantitative estimate of drug-likeness (QED) is 0.558. The van der Waals surface area contributed by atoms with Crippen molar-refractivity contribution in [3.8, 4) is 0 Å². The summed E-state index contributed by atoms with van der Waals surface area (Å²) in [5.74, 6) is 0.372. The van der Waals surface area contributed by atoms with Crippen molar-refractivity contribution in [2.75, 3.05) is 18.4 Å². The fraction of sp³-hybridized carbons (Fsp3) is 0.318. The minimum absolute atomic E-state index is 0.238. The summed E-state index contributed by atoms with van der Waals surface area (Å²) in [4.78, 5) is 13.4. The van der Waals surface area contributed by atoms with E-state index in [1.807, 2.05) is 24.3 Å². The van der Waals surface area contributed by atoms with Gasteiger partial charge in [0.25, 0.3) is 5.91 Å². The number of fused-ring (bicyclic) bond motifs is 1. The summed E-state index contributed by atoms with van der Waals surface area (Å²) in [5.41, 5.74) is 0.521. The third-order valence-corrected chi connectivity index (χ3v) is 8.85. The fourth-order valence-electron chi connectivity index (χ4n) is 4.01. The van der Waals surface area contributed by atoms with E-state index in [-0.39, 0.29) is 10.8 Å². The van der Waals surface area contributed by atoms with Gasteiger partial charge in [-0.1, -0.05) is 43.6 Å². The first-order valence-electron chi connectivity index (χ1n) is 9.84. The van der Waals surface area contributed by atoms with E-state index in [0.717, 1.165) is 16.5 Å². The molecule has 3 aromatic rings. The number of carbonyl (C=O) groups is 1. The Balaban J connectivity index is 1.52. The maximum Gasteiger partial charge on any atom is 0.267 e. The van der Waals surface area contributed by atoms with E-state index in [1.54, 1.807) is 28.6 Å². The van der Waals surface area contributed by atoms with Crippen LogP contribution in [-0.2, 0) is 10.0 Å². The van der Waals surface area contributed by atoms with Crippen LogP contribution in [0.2, 0.25) is 5.02 Å². The first kappa shape index (κ1) is 21.3. The number of rotatable bonds is 4. The van der Waals surface area contributed by atoms with Crippen LogP contribution in [-0.4, -0.2) is 31.7 Å². The van der Waals surface area contributed by atoms with Gasteiger partial charge in [-0.25, -0.2) is 8.42 Å². The Hall–Kier alpha value is -1.93. The molecule has 1 N–H and O–H groups in total. The van der Waals surface area contributed by atoms with Gasteiger partial charge in [0.2, 0.25) is 10.0 Å². The topological polar surface area (TPSA) is 66.5 Å². The van der Waals surface area contributed by atoms with Crippen LogP contribution in [0.4, 0.5) is 5.69 Å². The van der Waals surface area contributed by atoms with Crippen LogP contribution in [0.15, 0.2) is 53.4 Å². The Labute approximate surface area is 185 Å².